The summed E-state index contributed by atoms with van der Waals surface area (Å²) in [6.45, 7) is 5.60. The molecule has 0 radical (unpaired) electrons. The quantitative estimate of drug-likeness (QED) is 0.750. The Morgan fingerprint density at radius 1 is 1.21 bits per heavy atom. The van der Waals surface area contributed by atoms with E-state index in [1.807, 2.05) is 20.8 Å². The average molecular weight is 359 g/mol. The number of aromatic nitrogens is 2. The molecule has 1 heterocycles. The summed E-state index contributed by atoms with van der Waals surface area (Å²) < 4.78 is 39.2. The lowest BCUT2D eigenvalue weighted by atomic mass is 10.2. The van der Waals surface area contributed by atoms with Crippen molar-refractivity contribution >= 4 is 29.1 Å². The van der Waals surface area contributed by atoms with Crippen LogP contribution in [0.3, 0.4) is 0 Å². The number of benzene rings is 1. The molecule has 4 nitrogen and oxygen atoms in total. The van der Waals surface area contributed by atoms with Crippen molar-refractivity contribution in [1.82, 2.24) is 9.97 Å². The Kier molecular flexibility index (Phi) is 5.54. The standard InChI is InChI=1S/C16H18ClF3N4/c1-4-10(3)21-15-23-13(16(18,19)20)8-14(24-15)22-11-6-5-9(2)12(17)7-11/h5-8,10H,4H2,1-3H3,(H2,21,22,23,24)/t10-/m0/s1. The van der Waals surface area contributed by atoms with Crippen molar-refractivity contribution in [2.45, 2.75) is 39.4 Å². The van der Waals surface area contributed by atoms with Crippen molar-refractivity contribution in [1.29, 1.82) is 0 Å². The van der Waals surface area contributed by atoms with Gasteiger partial charge >= 0.3 is 6.18 Å². The molecule has 2 aromatic rings. The van der Waals surface area contributed by atoms with Gasteiger partial charge in [-0.1, -0.05) is 24.6 Å². The molecule has 0 amide bonds. The van der Waals surface area contributed by atoms with Gasteiger partial charge in [0.2, 0.25) is 5.95 Å². The minimum absolute atomic E-state index is 0.0445. The van der Waals surface area contributed by atoms with Crippen molar-refractivity contribution < 1.29 is 13.2 Å². The first kappa shape index (κ1) is 18.3. The van der Waals surface area contributed by atoms with Crippen LogP contribution in [0.1, 0.15) is 31.5 Å². The van der Waals surface area contributed by atoms with Gasteiger partial charge in [-0.25, -0.2) is 4.98 Å². The van der Waals surface area contributed by atoms with Gasteiger partial charge in [0, 0.05) is 22.8 Å². The number of aryl methyl sites for hydroxylation is 1. The Hall–Kier alpha value is -2.02. The summed E-state index contributed by atoms with van der Waals surface area (Å²) in [4.78, 5) is 7.66. The highest BCUT2D eigenvalue weighted by Gasteiger charge is 2.33. The van der Waals surface area contributed by atoms with E-state index >= 15 is 0 Å². The zero-order chi connectivity index (χ0) is 17.9. The maximum Gasteiger partial charge on any atom is 0.433 e. The lowest BCUT2D eigenvalue weighted by Crippen LogP contribution is -2.18. The van der Waals surface area contributed by atoms with E-state index in [1.54, 1.807) is 18.2 Å². The highest BCUT2D eigenvalue weighted by molar-refractivity contribution is 6.31. The predicted molar refractivity (Wildman–Crippen MR) is 89.9 cm³/mol. The normalized spacial score (nSPS) is 12.8. The average Bonchev–Trinajstić information content (AvgIpc) is 2.49. The Morgan fingerprint density at radius 2 is 1.92 bits per heavy atom. The number of nitrogens with zero attached hydrogens (tertiary/aromatic N) is 2. The van der Waals surface area contributed by atoms with Crippen molar-refractivity contribution in [3.63, 3.8) is 0 Å². The number of halogens is 4. The van der Waals surface area contributed by atoms with Crippen LogP contribution in [-0.4, -0.2) is 16.0 Å². The molecule has 2 rings (SSSR count). The molecule has 130 valence electrons. The summed E-state index contributed by atoms with van der Waals surface area (Å²) in [7, 11) is 0. The smallest absolute Gasteiger partial charge is 0.352 e. The number of nitrogens with one attached hydrogen (secondary N) is 2. The molecule has 1 aromatic heterocycles. The van der Waals surface area contributed by atoms with E-state index in [2.05, 4.69) is 20.6 Å². The number of hydrogen-bond acceptors (Lipinski definition) is 4. The lowest BCUT2D eigenvalue weighted by molar-refractivity contribution is -0.141. The summed E-state index contributed by atoms with van der Waals surface area (Å²) in [5.74, 6) is -0.0251. The Labute approximate surface area is 143 Å². The van der Waals surface area contributed by atoms with Crippen molar-refractivity contribution in [3.8, 4) is 0 Å². The molecule has 1 atom stereocenters. The molecule has 0 aliphatic heterocycles. The van der Waals surface area contributed by atoms with Gasteiger partial charge in [-0.15, -0.1) is 0 Å². The summed E-state index contributed by atoms with van der Waals surface area (Å²) in [6, 6.07) is 5.95. The van der Waals surface area contributed by atoms with Crippen molar-refractivity contribution in [3.05, 3.63) is 40.5 Å². The third kappa shape index (κ3) is 4.74. The first-order valence-corrected chi connectivity index (χ1v) is 7.83. The molecule has 0 bridgehead atoms. The number of rotatable bonds is 5. The fraction of sp³-hybridized carbons (Fsp3) is 0.375. The summed E-state index contributed by atoms with van der Waals surface area (Å²) in [5.41, 5.74) is 0.413. The fourth-order valence-corrected chi connectivity index (χ4v) is 2.04. The topological polar surface area (TPSA) is 49.8 Å². The minimum Gasteiger partial charge on any atom is -0.352 e. The van der Waals surface area contributed by atoms with Crippen LogP contribution >= 0.6 is 11.6 Å². The van der Waals surface area contributed by atoms with E-state index in [1.165, 1.54) is 0 Å². The second-order valence-corrected chi connectivity index (χ2v) is 5.91. The molecule has 0 unspecified atom stereocenters. The molecule has 8 heteroatoms. The second-order valence-electron chi connectivity index (χ2n) is 5.50. The Bertz CT molecular complexity index is 719. The molecule has 24 heavy (non-hydrogen) atoms. The third-order valence-electron chi connectivity index (χ3n) is 3.45. The fourth-order valence-electron chi connectivity index (χ4n) is 1.86. The molecule has 0 spiro atoms. The van der Waals surface area contributed by atoms with E-state index in [4.69, 9.17) is 11.6 Å². The van der Waals surface area contributed by atoms with Gasteiger partial charge in [-0.05, 0) is 38.0 Å². The van der Waals surface area contributed by atoms with Crippen LogP contribution in [0.5, 0.6) is 0 Å². The number of hydrogen-bond donors (Lipinski definition) is 2. The van der Waals surface area contributed by atoms with Crippen molar-refractivity contribution in [2.24, 2.45) is 0 Å². The molecule has 0 aliphatic carbocycles. The van der Waals surface area contributed by atoms with Crippen LogP contribution in [0, 0.1) is 6.92 Å². The first-order chi connectivity index (χ1) is 11.2. The van der Waals surface area contributed by atoms with Gasteiger partial charge in [-0.2, -0.15) is 18.2 Å². The second kappa shape index (κ2) is 7.25. The van der Waals surface area contributed by atoms with E-state index < -0.39 is 11.9 Å². The van der Waals surface area contributed by atoms with Crippen LogP contribution in [0.2, 0.25) is 5.02 Å². The summed E-state index contributed by atoms with van der Waals surface area (Å²) in [6.07, 6.45) is -3.83. The van der Waals surface area contributed by atoms with Crippen molar-refractivity contribution in [2.75, 3.05) is 10.6 Å². The Balaban J connectivity index is 2.36. The molecular formula is C16H18ClF3N4. The van der Waals surface area contributed by atoms with E-state index in [9.17, 15) is 13.2 Å². The van der Waals surface area contributed by atoms with Crippen LogP contribution in [0.25, 0.3) is 0 Å². The minimum atomic E-state index is -4.56. The SMILES string of the molecule is CC[C@H](C)Nc1nc(Nc2ccc(C)c(Cl)c2)cc(C(F)(F)F)n1. The molecular weight excluding hydrogens is 341 g/mol. The van der Waals surface area contributed by atoms with Gasteiger partial charge in [-0.3, -0.25) is 0 Å². The lowest BCUT2D eigenvalue weighted by Gasteiger charge is -2.15. The highest BCUT2D eigenvalue weighted by Crippen LogP contribution is 2.31. The van der Waals surface area contributed by atoms with Crippen LogP contribution in [0.15, 0.2) is 24.3 Å². The largest absolute Gasteiger partial charge is 0.433 e. The summed E-state index contributed by atoms with van der Waals surface area (Å²) >= 11 is 6.04. The molecule has 1 aromatic carbocycles. The zero-order valence-electron chi connectivity index (χ0n) is 13.5. The zero-order valence-corrected chi connectivity index (χ0v) is 14.3. The molecule has 0 aliphatic rings. The number of alkyl halides is 3. The molecule has 0 fully saturated rings. The van der Waals surface area contributed by atoms with Gasteiger partial charge in [0.1, 0.15) is 5.82 Å². The maximum absolute atomic E-state index is 13.1. The van der Waals surface area contributed by atoms with Crippen LogP contribution in [0.4, 0.5) is 30.6 Å². The number of anilines is 3. The first-order valence-electron chi connectivity index (χ1n) is 7.45. The van der Waals surface area contributed by atoms with E-state index in [0.717, 1.165) is 18.1 Å². The van der Waals surface area contributed by atoms with Gasteiger partial charge in [0.25, 0.3) is 0 Å². The molecule has 0 saturated carbocycles. The predicted octanol–water partition coefficient (Wildman–Crippen LogP) is 5.41. The third-order valence-corrected chi connectivity index (χ3v) is 3.86. The van der Waals surface area contributed by atoms with Crippen LogP contribution in [-0.2, 0) is 6.18 Å². The van der Waals surface area contributed by atoms with E-state index in [-0.39, 0.29) is 17.8 Å². The Morgan fingerprint density at radius 3 is 2.50 bits per heavy atom. The molecule has 0 saturated heterocycles. The monoisotopic (exact) mass is 358 g/mol. The maximum atomic E-state index is 13.1. The molecule has 2 N–H and O–H groups in total. The van der Waals surface area contributed by atoms with Gasteiger partial charge < -0.3 is 10.6 Å². The summed E-state index contributed by atoms with van der Waals surface area (Å²) in [5, 5.41) is 6.22. The van der Waals surface area contributed by atoms with Gasteiger partial charge in [0.05, 0.1) is 0 Å². The van der Waals surface area contributed by atoms with E-state index in [0.29, 0.717) is 10.7 Å². The van der Waals surface area contributed by atoms with Gasteiger partial charge in [0.15, 0.2) is 5.69 Å². The van der Waals surface area contributed by atoms with Crippen LogP contribution < -0.4 is 10.6 Å². The highest BCUT2D eigenvalue weighted by atomic mass is 35.5.